The predicted octanol–water partition coefficient (Wildman–Crippen LogP) is 3.41. The Morgan fingerprint density at radius 2 is 1.94 bits per heavy atom. The Balaban J connectivity index is 2.00. The molecule has 0 heterocycles. The number of carboxylic acids is 1. The average molecular weight is 248 g/mol. The van der Waals surface area contributed by atoms with Crippen molar-refractivity contribution in [2.24, 2.45) is 5.92 Å². The predicted molar refractivity (Wildman–Crippen MR) is 69.8 cm³/mol. The minimum Gasteiger partial charge on any atom is -0.490 e. The molecular weight excluding hydrogens is 228 g/mol. The lowest BCUT2D eigenvalue weighted by atomic mass is 9.84. The van der Waals surface area contributed by atoms with Crippen molar-refractivity contribution in [2.75, 3.05) is 0 Å². The molecule has 3 heteroatoms. The molecule has 0 bridgehead atoms. The van der Waals surface area contributed by atoms with E-state index in [9.17, 15) is 4.79 Å². The van der Waals surface area contributed by atoms with Crippen LogP contribution in [0.1, 0.15) is 37.7 Å². The summed E-state index contributed by atoms with van der Waals surface area (Å²) < 4.78 is 5.96. The summed E-state index contributed by atoms with van der Waals surface area (Å²) in [4.78, 5) is 10.9. The zero-order valence-electron chi connectivity index (χ0n) is 10.8. The first-order valence-electron chi connectivity index (χ1n) is 6.60. The van der Waals surface area contributed by atoms with Crippen LogP contribution in [0.15, 0.2) is 24.3 Å². The summed E-state index contributed by atoms with van der Waals surface area (Å²) >= 11 is 0. The van der Waals surface area contributed by atoms with E-state index in [1.165, 1.54) is 5.56 Å². The fourth-order valence-electron chi connectivity index (χ4n) is 2.58. The van der Waals surface area contributed by atoms with Crippen molar-refractivity contribution in [3.05, 3.63) is 29.8 Å². The van der Waals surface area contributed by atoms with Crippen molar-refractivity contribution in [3.8, 4) is 5.75 Å². The van der Waals surface area contributed by atoms with Crippen molar-refractivity contribution in [3.63, 3.8) is 0 Å². The van der Waals surface area contributed by atoms with E-state index in [0.717, 1.165) is 31.4 Å². The molecule has 1 N–H and O–H groups in total. The number of ether oxygens (including phenoxy) is 1. The molecule has 1 fully saturated rings. The third-order valence-electron chi connectivity index (χ3n) is 3.58. The highest BCUT2D eigenvalue weighted by molar-refractivity contribution is 5.67. The average Bonchev–Trinajstić information content (AvgIpc) is 2.34. The first-order valence-corrected chi connectivity index (χ1v) is 6.60. The van der Waals surface area contributed by atoms with Crippen LogP contribution in [-0.2, 0) is 4.79 Å². The first-order chi connectivity index (χ1) is 8.65. The van der Waals surface area contributed by atoms with Crippen LogP contribution in [-0.4, -0.2) is 17.2 Å². The number of aliphatic carboxylic acids is 1. The number of carboxylic acid groups (broad SMARTS) is 1. The largest absolute Gasteiger partial charge is 0.490 e. The molecule has 0 spiro atoms. The van der Waals surface area contributed by atoms with Crippen molar-refractivity contribution in [1.82, 2.24) is 0 Å². The van der Waals surface area contributed by atoms with Crippen molar-refractivity contribution in [2.45, 2.75) is 45.1 Å². The standard InChI is InChI=1S/C15H20O3/c1-11-6-8-13(9-7-11)18-14-5-3-2-4-12(14)10-15(16)17/h6-9,12,14H,2-5,10H2,1H3,(H,16,17). The van der Waals surface area contributed by atoms with Gasteiger partial charge in [0.25, 0.3) is 0 Å². The Labute approximate surface area is 108 Å². The van der Waals surface area contributed by atoms with Gasteiger partial charge in [0.15, 0.2) is 0 Å². The molecule has 1 aliphatic carbocycles. The number of hydrogen-bond acceptors (Lipinski definition) is 2. The van der Waals surface area contributed by atoms with Crippen LogP contribution in [0.5, 0.6) is 5.75 Å². The summed E-state index contributed by atoms with van der Waals surface area (Å²) in [5.41, 5.74) is 1.20. The van der Waals surface area contributed by atoms with Crippen LogP contribution in [0.4, 0.5) is 0 Å². The van der Waals surface area contributed by atoms with E-state index in [1.54, 1.807) is 0 Å². The second-order valence-corrected chi connectivity index (χ2v) is 5.11. The Morgan fingerprint density at radius 1 is 1.28 bits per heavy atom. The van der Waals surface area contributed by atoms with Crippen LogP contribution in [0, 0.1) is 12.8 Å². The van der Waals surface area contributed by atoms with Gasteiger partial charge in [0.2, 0.25) is 0 Å². The maximum Gasteiger partial charge on any atom is 0.303 e. The molecule has 2 unspecified atom stereocenters. The second-order valence-electron chi connectivity index (χ2n) is 5.11. The van der Waals surface area contributed by atoms with Crippen molar-refractivity contribution in [1.29, 1.82) is 0 Å². The number of benzene rings is 1. The fourth-order valence-corrected chi connectivity index (χ4v) is 2.58. The van der Waals surface area contributed by atoms with Gasteiger partial charge in [0, 0.05) is 5.92 Å². The lowest BCUT2D eigenvalue weighted by Gasteiger charge is -2.31. The van der Waals surface area contributed by atoms with Gasteiger partial charge in [-0.25, -0.2) is 0 Å². The molecule has 0 saturated heterocycles. The van der Waals surface area contributed by atoms with Gasteiger partial charge in [-0.2, -0.15) is 0 Å². The number of carbonyl (C=O) groups is 1. The Morgan fingerprint density at radius 3 is 2.61 bits per heavy atom. The summed E-state index contributed by atoms with van der Waals surface area (Å²) in [6, 6.07) is 7.96. The molecule has 1 aromatic carbocycles. The van der Waals surface area contributed by atoms with E-state index in [4.69, 9.17) is 9.84 Å². The van der Waals surface area contributed by atoms with E-state index in [1.807, 2.05) is 31.2 Å². The summed E-state index contributed by atoms with van der Waals surface area (Å²) in [5, 5.41) is 8.93. The quantitative estimate of drug-likeness (QED) is 0.888. The minimum absolute atomic E-state index is 0.0533. The minimum atomic E-state index is -0.723. The number of aryl methyl sites for hydroxylation is 1. The summed E-state index contributed by atoms with van der Waals surface area (Å²) in [6.45, 7) is 2.04. The van der Waals surface area contributed by atoms with Crippen LogP contribution < -0.4 is 4.74 Å². The lowest BCUT2D eigenvalue weighted by Crippen LogP contribution is -2.32. The van der Waals surface area contributed by atoms with Gasteiger partial charge in [-0.05, 0) is 38.3 Å². The molecule has 0 aromatic heterocycles. The molecule has 0 aliphatic heterocycles. The fraction of sp³-hybridized carbons (Fsp3) is 0.533. The van der Waals surface area contributed by atoms with Gasteiger partial charge in [-0.1, -0.05) is 24.1 Å². The molecule has 3 nitrogen and oxygen atoms in total. The molecule has 1 aromatic rings. The van der Waals surface area contributed by atoms with Gasteiger partial charge in [0.05, 0.1) is 6.42 Å². The Hall–Kier alpha value is -1.51. The van der Waals surface area contributed by atoms with Gasteiger partial charge >= 0.3 is 5.97 Å². The molecule has 98 valence electrons. The van der Waals surface area contributed by atoms with Gasteiger partial charge in [0.1, 0.15) is 11.9 Å². The van der Waals surface area contributed by atoms with E-state index in [-0.39, 0.29) is 18.4 Å². The SMILES string of the molecule is Cc1ccc(OC2CCCCC2CC(=O)O)cc1. The van der Waals surface area contributed by atoms with Crippen molar-refractivity contribution >= 4 is 5.97 Å². The highest BCUT2D eigenvalue weighted by Crippen LogP contribution is 2.30. The maximum absolute atomic E-state index is 10.9. The van der Waals surface area contributed by atoms with Crippen LogP contribution in [0.2, 0.25) is 0 Å². The third kappa shape index (κ3) is 3.49. The molecule has 2 atom stereocenters. The third-order valence-corrected chi connectivity index (χ3v) is 3.58. The monoisotopic (exact) mass is 248 g/mol. The van der Waals surface area contributed by atoms with E-state index >= 15 is 0 Å². The topological polar surface area (TPSA) is 46.5 Å². The molecule has 1 saturated carbocycles. The van der Waals surface area contributed by atoms with E-state index < -0.39 is 5.97 Å². The smallest absolute Gasteiger partial charge is 0.303 e. The van der Waals surface area contributed by atoms with Crippen LogP contribution in [0.25, 0.3) is 0 Å². The highest BCUT2D eigenvalue weighted by atomic mass is 16.5. The van der Waals surface area contributed by atoms with Gasteiger partial charge < -0.3 is 9.84 Å². The highest BCUT2D eigenvalue weighted by Gasteiger charge is 2.28. The van der Waals surface area contributed by atoms with E-state index in [0.29, 0.717) is 0 Å². The van der Waals surface area contributed by atoms with Crippen LogP contribution in [0.3, 0.4) is 0 Å². The van der Waals surface area contributed by atoms with Crippen LogP contribution >= 0.6 is 0 Å². The lowest BCUT2D eigenvalue weighted by molar-refractivity contribution is -0.139. The normalized spacial score (nSPS) is 23.6. The summed E-state index contributed by atoms with van der Waals surface area (Å²) in [6.07, 6.45) is 4.45. The summed E-state index contributed by atoms with van der Waals surface area (Å²) in [5.74, 6) is 0.278. The molecule has 0 amide bonds. The molecular formula is C15H20O3. The van der Waals surface area contributed by atoms with Crippen molar-refractivity contribution < 1.29 is 14.6 Å². The number of hydrogen-bond donors (Lipinski definition) is 1. The van der Waals surface area contributed by atoms with Gasteiger partial charge in [-0.15, -0.1) is 0 Å². The molecule has 0 radical (unpaired) electrons. The second kappa shape index (κ2) is 5.89. The zero-order chi connectivity index (χ0) is 13.0. The maximum atomic E-state index is 10.9. The summed E-state index contributed by atoms with van der Waals surface area (Å²) in [7, 11) is 0. The molecule has 1 aliphatic rings. The first kappa shape index (κ1) is 12.9. The van der Waals surface area contributed by atoms with Gasteiger partial charge in [-0.3, -0.25) is 4.79 Å². The zero-order valence-corrected chi connectivity index (χ0v) is 10.8. The Kier molecular flexibility index (Phi) is 4.24. The number of rotatable bonds is 4. The Bertz CT molecular complexity index is 397. The molecule has 18 heavy (non-hydrogen) atoms. The molecule has 2 rings (SSSR count). The van der Waals surface area contributed by atoms with E-state index in [2.05, 4.69) is 0 Å².